The molecule has 0 radical (unpaired) electrons. The minimum absolute atomic E-state index is 0.0167. The largest absolute Gasteiger partial charge is 0.352 e. The van der Waals surface area contributed by atoms with E-state index in [-0.39, 0.29) is 23.9 Å². The average molecular weight is 329 g/mol. The molecule has 2 amide bonds. The van der Waals surface area contributed by atoms with Gasteiger partial charge in [0, 0.05) is 42.5 Å². The lowest BCUT2D eigenvalue weighted by atomic mass is 10.1. The number of nitrogens with zero attached hydrogens (tertiary/aromatic N) is 4. The lowest BCUT2D eigenvalue weighted by Gasteiger charge is -2.28. The van der Waals surface area contributed by atoms with Crippen molar-refractivity contribution in [3.05, 3.63) is 29.2 Å². The molecule has 1 atom stereocenters. The maximum Gasteiger partial charge on any atom is 0.274 e. The molecular weight excluding hydrogens is 306 g/mol. The molecular formula is C17H23N5O2. The topological polar surface area (TPSA) is 79.6 Å². The van der Waals surface area contributed by atoms with Gasteiger partial charge in [-0.3, -0.25) is 9.59 Å². The Kier molecular flexibility index (Phi) is 4.26. The van der Waals surface area contributed by atoms with Crippen molar-refractivity contribution in [2.75, 3.05) is 6.54 Å². The van der Waals surface area contributed by atoms with Gasteiger partial charge in [-0.25, -0.2) is 9.50 Å². The Morgan fingerprint density at radius 2 is 2.17 bits per heavy atom. The van der Waals surface area contributed by atoms with Gasteiger partial charge >= 0.3 is 0 Å². The third-order valence-electron chi connectivity index (χ3n) is 4.34. The summed E-state index contributed by atoms with van der Waals surface area (Å²) in [5.74, 6) is -0.0760. The van der Waals surface area contributed by atoms with E-state index in [2.05, 4.69) is 15.4 Å². The number of fused-ring (bicyclic) bond motifs is 1. The smallest absolute Gasteiger partial charge is 0.274 e. The normalized spacial score (nSPS) is 17.5. The van der Waals surface area contributed by atoms with Crippen molar-refractivity contribution in [2.45, 2.75) is 52.6 Å². The Labute approximate surface area is 141 Å². The maximum atomic E-state index is 12.9. The van der Waals surface area contributed by atoms with Gasteiger partial charge in [-0.05, 0) is 40.2 Å². The highest BCUT2D eigenvalue weighted by atomic mass is 16.2. The van der Waals surface area contributed by atoms with Crippen molar-refractivity contribution >= 4 is 17.5 Å². The fourth-order valence-electron chi connectivity index (χ4n) is 3.12. The Morgan fingerprint density at radius 3 is 2.79 bits per heavy atom. The lowest BCUT2D eigenvalue weighted by Crippen LogP contribution is -2.45. The molecule has 1 saturated heterocycles. The molecule has 0 spiro atoms. The van der Waals surface area contributed by atoms with Gasteiger partial charge in [-0.2, -0.15) is 5.10 Å². The van der Waals surface area contributed by atoms with E-state index in [0.717, 1.165) is 17.8 Å². The molecule has 128 valence electrons. The van der Waals surface area contributed by atoms with Crippen molar-refractivity contribution in [1.29, 1.82) is 0 Å². The number of aryl methyl sites for hydroxylation is 2. The number of hydrogen-bond acceptors (Lipinski definition) is 4. The van der Waals surface area contributed by atoms with Crippen LogP contribution in [0.4, 0.5) is 0 Å². The number of aromatic nitrogens is 3. The highest BCUT2D eigenvalue weighted by Gasteiger charge is 2.28. The molecule has 7 heteroatoms. The molecule has 2 aromatic rings. The molecule has 24 heavy (non-hydrogen) atoms. The van der Waals surface area contributed by atoms with Gasteiger partial charge in [-0.15, -0.1) is 0 Å². The van der Waals surface area contributed by atoms with Gasteiger partial charge in [0.1, 0.15) is 0 Å². The maximum absolute atomic E-state index is 12.9. The second kappa shape index (κ2) is 6.22. The van der Waals surface area contributed by atoms with Crippen LogP contribution in [-0.2, 0) is 4.79 Å². The number of carbonyl (C=O) groups excluding carboxylic acids is 2. The molecule has 1 aliphatic heterocycles. The molecule has 2 aromatic heterocycles. The summed E-state index contributed by atoms with van der Waals surface area (Å²) in [4.78, 5) is 30.5. The summed E-state index contributed by atoms with van der Waals surface area (Å²) in [5, 5.41) is 7.34. The molecule has 0 aliphatic carbocycles. The summed E-state index contributed by atoms with van der Waals surface area (Å²) in [6.45, 7) is 8.31. The number of rotatable bonds is 4. The highest BCUT2D eigenvalue weighted by Crippen LogP contribution is 2.15. The zero-order valence-electron chi connectivity index (χ0n) is 14.5. The van der Waals surface area contributed by atoms with Gasteiger partial charge in [0.25, 0.3) is 5.91 Å². The van der Waals surface area contributed by atoms with Crippen LogP contribution in [0.5, 0.6) is 0 Å². The van der Waals surface area contributed by atoms with Crippen LogP contribution in [0.3, 0.4) is 0 Å². The van der Waals surface area contributed by atoms with Crippen molar-refractivity contribution < 1.29 is 9.59 Å². The molecule has 7 nitrogen and oxygen atoms in total. The van der Waals surface area contributed by atoms with Gasteiger partial charge < -0.3 is 10.2 Å². The third-order valence-corrected chi connectivity index (χ3v) is 4.34. The van der Waals surface area contributed by atoms with E-state index in [1.807, 2.05) is 33.8 Å². The third kappa shape index (κ3) is 3.11. The fourth-order valence-corrected chi connectivity index (χ4v) is 3.12. The van der Waals surface area contributed by atoms with E-state index >= 15 is 0 Å². The van der Waals surface area contributed by atoms with Crippen LogP contribution in [0.1, 0.15) is 48.6 Å². The van der Waals surface area contributed by atoms with Crippen molar-refractivity contribution in [3.8, 4) is 0 Å². The summed E-state index contributed by atoms with van der Waals surface area (Å²) < 4.78 is 1.69. The van der Waals surface area contributed by atoms with Crippen LogP contribution in [0, 0.1) is 13.8 Å². The zero-order valence-corrected chi connectivity index (χ0v) is 14.5. The van der Waals surface area contributed by atoms with E-state index in [4.69, 9.17) is 0 Å². The first-order valence-electron chi connectivity index (χ1n) is 8.29. The molecule has 3 heterocycles. The highest BCUT2D eigenvalue weighted by molar-refractivity contribution is 5.93. The lowest BCUT2D eigenvalue weighted by molar-refractivity contribution is -0.119. The minimum atomic E-state index is -0.131. The van der Waals surface area contributed by atoms with Crippen molar-refractivity contribution in [3.63, 3.8) is 0 Å². The Balaban J connectivity index is 1.87. The first-order valence-corrected chi connectivity index (χ1v) is 8.29. The van der Waals surface area contributed by atoms with Gasteiger partial charge in [0.05, 0.1) is 0 Å². The SMILES string of the molecule is Cc1cc(C)n2nc(C(=O)N(CC3CCC(=O)N3)C(C)C)cc2n1. The monoisotopic (exact) mass is 329 g/mol. The van der Waals surface area contributed by atoms with Crippen LogP contribution >= 0.6 is 0 Å². The first-order chi connectivity index (χ1) is 11.3. The van der Waals surface area contributed by atoms with Crippen molar-refractivity contribution in [1.82, 2.24) is 24.8 Å². The Hall–Kier alpha value is -2.44. The van der Waals surface area contributed by atoms with Gasteiger partial charge in [-0.1, -0.05) is 0 Å². The second-order valence-corrected chi connectivity index (χ2v) is 6.69. The molecule has 0 aromatic carbocycles. The quantitative estimate of drug-likeness (QED) is 0.921. The number of carbonyl (C=O) groups is 2. The van der Waals surface area contributed by atoms with Crippen LogP contribution in [0.25, 0.3) is 5.65 Å². The number of nitrogens with one attached hydrogen (secondary N) is 1. The minimum Gasteiger partial charge on any atom is -0.352 e. The van der Waals surface area contributed by atoms with E-state index < -0.39 is 0 Å². The summed E-state index contributed by atoms with van der Waals surface area (Å²) in [6.07, 6.45) is 1.29. The summed E-state index contributed by atoms with van der Waals surface area (Å²) in [5.41, 5.74) is 2.90. The van der Waals surface area contributed by atoms with E-state index in [9.17, 15) is 9.59 Å². The van der Waals surface area contributed by atoms with Crippen LogP contribution in [0.2, 0.25) is 0 Å². The first kappa shape index (κ1) is 16.4. The molecule has 1 unspecified atom stereocenters. The van der Waals surface area contributed by atoms with Crippen LogP contribution < -0.4 is 5.32 Å². The van der Waals surface area contributed by atoms with E-state index in [1.165, 1.54) is 0 Å². The number of amides is 2. The molecule has 1 aliphatic rings. The zero-order chi connectivity index (χ0) is 17.4. The molecule has 1 fully saturated rings. The van der Waals surface area contributed by atoms with Crippen molar-refractivity contribution in [2.24, 2.45) is 0 Å². The Morgan fingerprint density at radius 1 is 1.42 bits per heavy atom. The molecule has 0 bridgehead atoms. The predicted octanol–water partition coefficient (Wildman–Crippen LogP) is 1.48. The molecule has 0 saturated carbocycles. The Bertz CT molecular complexity index is 796. The molecule has 1 N–H and O–H groups in total. The summed E-state index contributed by atoms with van der Waals surface area (Å²) in [6, 6.07) is 3.70. The van der Waals surface area contributed by atoms with Crippen LogP contribution in [0.15, 0.2) is 12.1 Å². The predicted molar refractivity (Wildman–Crippen MR) is 89.8 cm³/mol. The summed E-state index contributed by atoms with van der Waals surface area (Å²) >= 11 is 0. The van der Waals surface area contributed by atoms with E-state index in [0.29, 0.717) is 24.3 Å². The average Bonchev–Trinajstić information content (AvgIpc) is 3.10. The standard InChI is InChI=1S/C17H23N5O2/c1-10(2)21(9-13-5-6-16(23)19-13)17(24)14-8-15-18-11(3)7-12(4)22(15)20-14/h7-8,10,13H,5-6,9H2,1-4H3,(H,19,23). The van der Waals surface area contributed by atoms with Crippen LogP contribution in [-0.4, -0.2) is 49.9 Å². The van der Waals surface area contributed by atoms with Gasteiger partial charge in [0.15, 0.2) is 11.3 Å². The second-order valence-electron chi connectivity index (χ2n) is 6.69. The summed E-state index contributed by atoms with van der Waals surface area (Å²) in [7, 11) is 0. The van der Waals surface area contributed by atoms with E-state index in [1.54, 1.807) is 15.5 Å². The molecule has 3 rings (SSSR count). The number of hydrogen-bond donors (Lipinski definition) is 1. The van der Waals surface area contributed by atoms with Gasteiger partial charge in [0.2, 0.25) is 5.91 Å². The fraction of sp³-hybridized carbons (Fsp3) is 0.529.